The molecule has 0 bridgehead atoms. The van der Waals surface area contributed by atoms with E-state index in [1.807, 2.05) is 29.2 Å². The summed E-state index contributed by atoms with van der Waals surface area (Å²) in [4.78, 5) is 22.4. The smallest absolute Gasteiger partial charge is 0.254 e. The van der Waals surface area contributed by atoms with Crippen LogP contribution in [0.5, 0.6) is 5.88 Å². The number of carbonyl (C=O) groups excluding carboxylic acids is 1. The molecule has 0 N–H and O–H groups in total. The molecule has 1 fully saturated rings. The molecule has 0 aliphatic carbocycles. The lowest BCUT2D eigenvalue weighted by Crippen LogP contribution is -2.44. The Morgan fingerprint density at radius 1 is 1.36 bits per heavy atom. The molecule has 5 nitrogen and oxygen atoms in total. The number of carbonyl (C=O) groups is 1. The molecule has 0 radical (unpaired) electrons. The van der Waals surface area contributed by atoms with Crippen LogP contribution in [0.25, 0.3) is 0 Å². The molecule has 114 valence electrons. The summed E-state index contributed by atoms with van der Waals surface area (Å²) < 4.78 is 6.75. The summed E-state index contributed by atoms with van der Waals surface area (Å²) in [6.45, 7) is 1.34. The lowest BCUT2D eigenvalue weighted by Gasteiger charge is -2.32. The standard InChI is InChI=1S/C16H16BrN3O2/c17-13-4-1-3-12(9-13)16(21)20-8-2-5-14(10-20)22-15-6-7-18-11-19-15/h1,3-4,6-7,9,11,14H,2,5,8,10H2. The van der Waals surface area contributed by atoms with Crippen LogP contribution in [0.15, 0.2) is 47.3 Å². The molecule has 1 saturated heterocycles. The van der Waals surface area contributed by atoms with Gasteiger partial charge in [0, 0.05) is 28.8 Å². The van der Waals surface area contributed by atoms with E-state index in [9.17, 15) is 4.79 Å². The maximum absolute atomic E-state index is 12.6. The molecule has 1 atom stereocenters. The van der Waals surface area contributed by atoms with Crippen LogP contribution in [0.1, 0.15) is 23.2 Å². The van der Waals surface area contributed by atoms with Crippen LogP contribution in [0.2, 0.25) is 0 Å². The van der Waals surface area contributed by atoms with E-state index in [0.29, 0.717) is 18.0 Å². The first-order valence-electron chi connectivity index (χ1n) is 7.20. The zero-order valence-corrected chi connectivity index (χ0v) is 13.6. The highest BCUT2D eigenvalue weighted by molar-refractivity contribution is 9.10. The number of ether oxygens (including phenoxy) is 1. The van der Waals surface area contributed by atoms with Gasteiger partial charge in [0.2, 0.25) is 5.88 Å². The maximum Gasteiger partial charge on any atom is 0.254 e. The van der Waals surface area contributed by atoms with Crippen molar-refractivity contribution in [2.75, 3.05) is 13.1 Å². The molecule has 22 heavy (non-hydrogen) atoms. The van der Waals surface area contributed by atoms with Gasteiger partial charge in [-0.1, -0.05) is 22.0 Å². The predicted octanol–water partition coefficient (Wildman–Crippen LogP) is 2.92. The topological polar surface area (TPSA) is 55.3 Å². The molecular formula is C16H16BrN3O2. The van der Waals surface area contributed by atoms with Crippen molar-refractivity contribution in [2.45, 2.75) is 18.9 Å². The Labute approximate surface area is 137 Å². The van der Waals surface area contributed by atoms with E-state index >= 15 is 0 Å². The molecule has 1 unspecified atom stereocenters. The lowest BCUT2D eigenvalue weighted by atomic mass is 10.1. The molecule has 6 heteroatoms. The van der Waals surface area contributed by atoms with E-state index in [-0.39, 0.29) is 12.0 Å². The molecule has 3 rings (SSSR count). The van der Waals surface area contributed by atoms with Gasteiger partial charge in [-0.3, -0.25) is 4.79 Å². The van der Waals surface area contributed by atoms with Crippen molar-refractivity contribution in [3.8, 4) is 5.88 Å². The zero-order valence-electron chi connectivity index (χ0n) is 12.0. The average molecular weight is 362 g/mol. The Morgan fingerprint density at radius 3 is 3.05 bits per heavy atom. The second-order valence-corrected chi connectivity index (χ2v) is 6.11. The van der Waals surface area contributed by atoms with E-state index in [0.717, 1.165) is 23.9 Å². The molecule has 1 aliphatic rings. The highest BCUT2D eigenvalue weighted by Gasteiger charge is 2.26. The van der Waals surface area contributed by atoms with Crippen molar-refractivity contribution in [3.05, 3.63) is 52.9 Å². The van der Waals surface area contributed by atoms with E-state index in [2.05, 4.69) is 25.9 Å². The summed E-state index contributed by atoms with van der Waals surface area (Å²) in [6.07, 6.45) is 4.93. The van der Waals surface area contributed by atoms with Gasteiger partial charge in [0.15, 0.2) is 0 Å². The van der Waals surface area contributed by atoms with E-state index < -0.39 is 0 Å². The van der Waals surface area contributed by atoms with E-state index in [4.69, 9.17) is 4.74 Å². The second-order valence-electron chi connectivity index (χ2n) is 5.19. The fourth-order valence-corrected chi connectivity index (χ4v) is 2.94. The fraction of sp³-hybridized carbons (Fsp3) is 0.312. The third-order valence-electron chi connectivity index (χ3n) is 3.58. The Hall–Kier alpha value is -1.95. The van der Waals surface area contributed by atoms with Crippen LogP contribution >= 0.6 is 15.9 Å². The van der Waals surface area contributed by atoms with Crippen molar-refractivity contribution >= 4 is 21.8 Å². The van der Waals surface area contributed by atoms with Crippen LogP contribution in [0.3, 0.4) is 0 Å². The third-order valence-corrected chi connectivity index (χ3v) is 4.07. The summed E-state index contributed by atoms with van der Waals surface area (Å²) >= 11 is 3.40. The monoisotopic (exact) mass is 361 g/mol. The maximum atomic E-state index is 12.6. The number of rotatable bonds is 3. The van der Waals surface area contributed by atoms with Crippen LogP contribution in [-0.2, 0) is 0 Å². The molecule has 0 spiro atoms. The number of aromatic nitrogens is 2. The molecule has 2 heterocycles. The summed E-state index contributed by atoms with van der Waals surface area (Å²) in [5.41, 5.74) is 0.692. The summed E-state index contributed by atoms with van der Waals surface area (Å²) in [5, 5.41) is 0. The van der Waals surface area contributed by atoms with E-state index in [1.165, 1.54) is 6.33 Å². The van der Waals surface area contributed by atoms with Gasteiger partial charge in [-0.25, -0.2) is 9.97 Å². The van der Waals surface area contributed by atoms with Gasteiger partial charge < -0.3 is 9.64 Å². The number of amides is 1. The molecule has 1 aromatic heterocycles. The van der Waals surface area contributed by atoms with Gasteiger partial charge in [0.25, 0.3) is 5.91 Å². The van der Waals surface area contributed by atoms with Crippen molar-refractivity contribution in [1.29, 1.82) is 0 Å². The minimum atomic E-state index is -0.0280. The number of piperidine rings is 1. The van der Waals surface area contributed by atoms with Crippen molar-refractivity contribution in [2.24, 2.45) is 0 Å². The summed E-state index contributed by atoms with van der Waals surface area (Å²) in [6, 6.07) is 9.19. The number of hydrogen-bond donors (Lipinski definition) is 0. The highest BCUT2D eigenvalue weighted by Crippen LogP contribution is 2.19. The molecule has 1 amide bonds. The number of halogens is 1. The highest BCUT2D eigenvalue weighted by atomic mass is 79.9. The molecule has 1 aliphatic heterocycles. The summed E-state index contributed by atoms with van der Waals surface area (Å²) in [5.74, 6) is 0.592. The zero-order chi connectivity index (χ0) is 15.4. The first kappa shape index (κ1) is 15.0. The van der Waals surface area contributed by atoms with Crippen molar-refractivity contribution < 1.29 is 9.53 Å². The molecule has 0 saturated carbocycles. The number of hydrogen-bond acceptors (Lipinski definition) is 4. The van der Waals surface area contributed by atoms with Crippen LogP contribution in [-0.4, -0.2) is 40.0 Å². The molecule has 2 aromatic rings. The number of nitrogens with zero attached hydrogens (tertiary/aromatic N) is 3. The first-order valence-corrected chi connectivity index (χ1v) is 7.99. The van der Waals surface area contributed by atoms with Crippen molar-refractivity contribution in [1.82, 2.24) is 14.9 Å². The average Bonchev–Trinajstić information content (AvgIpc) is 2.55. The van der Waals surface area contributed by atoms with Crippen LogP contribution in [0, 0.1) is 0 Å². The Balaban J connectivity index is 1.66. The summed E-state index contributed by atoms with van der Waals surface area (Å²) in [7, 11) is 0. The Kier molecular flexibility index (Phi) is 4.68. The van der Waals surface area contributed by atoms with Gasteiger partial charge in [-0.05, 0) is 31.0 Å². The second kappa shape index (κ2) is 6.87. The SMILES string of the molecule is O=C(c1cccc(Br)c1)N1CCCC(Oc2ccncn2)C1. The van der Waals surface area contributed by atoms with Crippen LogP contribution in [0.4, 0.5) is 0 Å². The van der Waals surface area contributed by atoms with Gasteiger partial charge in [-0.15, -0.1) is 0 Å². The Bertz CT molecular complexity index is 651. The van der Waals surface area contributed by atoms with Crippen molar-refractivity contribution in [3.63, 3.8) is 0 Å². The normalized spacial score (nSPS) is 18.0. The Morgan fingerprint density at radius 2 is 2.27 bits per heavy atom. The van der Waals surface area contributed by atoms with Gasteiger partial charge in [0.1, 0.15) is 12.4 Å². The lowest BCUT2D eigenvalue weighted by molar-refractivity contribution is 0.0527. The first-order chi connectivity index (χ1) is 10.7. The fourth-order valence-electron chi connectivity index (χ4n) is 2.54. The number of likely N-dealkylation sites (tertiary alicyclic amines) is 1. The van der Waals surface area contributed by atoms with Gasteiger partial charge in [-0.2, -0.15) is 0 Å². The van der Waals surface area contributed by atoms with Crippen LogP contribution < -0.4 is 4.74 Å². The van der Waals surface area contributed by atoms with Gasteiger partial charge >= 0.3 is 0 Å². The minimum Gasteiger partial charge on any atom is -0.472 e. The largest absolute Gasteiger partial charge is 0.472 e. The predicted molar refractivity (Wildman–Crippen MR) is 85.7 cm³/mol. The number of benzene rings is 1. The molecule has 1 aromatic carbocycles. The van der Waals surface area contributed by atoms with Gasteiger partial charge in [0.05, 0.1) is 6.54 Å². The minimum absolute atomic E-state index is 0.0280. The molecular weight excluding hydrogens is 346 g/mol. The van der Waals surface area contributed by atoms with E-state index in [1.54, 1.807) is 12.3 Å². The third kappa shape index (κ3) is 3.62. The quantitative estimate of drug-likeness (QED) is 0.843.